The van der Waals surface area contributed by atoms with Gasteiger partial charge in [-0.05, 0) is 51.4 Å². The number of nitro groups is 1. The summed E-state index contributed by atoms with van der Waals surface area (Å²) in [6.45, 7) is 2.62. The Bertz CT molecular complexity index is 468. The summed E-state index contributed by atoms with van der Waals surface area (Å²) in [7, 11) is 4.13. The van der Waals surface area contributed by atoms with Crippen LogP contribution in [0.25, 0.3) is 0 Å². The van der Waals surface area contributed by atoms with Crippen LogP contribution >= 0.6 is 0 Å². The van der Waals surface area contributed by atoms with E-state index in [4.69, 9.17) is 0 Å². The molecule has 0 bridgehead atoms. The van der Waals surface area contributed by atoms with E-state index in [0.717, 1.165) is 18.0 Å². The molecule has 5 nitrogen and oxygen atoms in total. The highest BCUT2D eigenvalue weighted by Crippen LogP contribution is 2.35. The van der Waals surface area contributed by atoms with Crippen LogP contribution in [-0.2, 0) is 0 Å². The lowest BCUT2D eigenvalue weighted by atomic mass is 10.1. The topological polar surface area (TPSA) is 58.4 Å². The van der Waals surface area contributed by atoms with E-state index in [-0.39, 0.29) is 10.6 Å². The molecule has 2 rings (SSSR count). The average molecular weight is 263 g/mol. The van der Waals surface area contributed by atoms with Crippen LogP contribution in [0.3, 0.4) is 0 Å². The molecular weight excluding hydrogens is 242 g/mol. The highest BCUT2D eigenvalue weighted by atomic mass is 16.6. The third-order valence-electron chi connectivity index (χ3n) is 3.68. The zero-order chi connectivity index (χ0) is 14.0. The van der Waals surface area contributed by atoms with Gasteiger partial charge in [0.25, 0.3) is 5.69 Å². The molecule has 1 aromatic rings. The molecule has 1 fully saturated rings. The molecule has 0 amide bonds. The monoisotopic (exact) mass is 263 g/mol. The summed E-state index contributed by atoms with van der Waals surface area (Å²) < 4.78 is 0. The molecule has 0 saturated heterocycles. The number of rotatable bonds is 6. The number of nitro benzene ring substituents is 1. The number of nitrogens with zero attached hydrogens (tertiary/aromatic N) is 2. The van der Waals surface area contributed by atoms with Crippen LogP contribution in [-0.4, -0.2) is 36.5 Å². The van der Waals surface area contributed by atoms with Gasteiger partial charge in [-0.2, -0.15) is 0 Å². The van der Waals surface area contributed by atoms with E-state index in [1.807, 2.05) is 13.0 Å². The van der Waals surface area contributed by atoms with Gasteiger partial charge in [0.15, 0.2) is 0 Å². The maximum atomic E-state index is 11.1. The number of anilines is 1. The molecule has 1 aliphatic rings. The average Bonchev–Trinajstić information content (AvgIpc) is 3.14. The van der Waals surface area contributed by atoms with Crippen molar-refractivity contribution in [3.05, 3.63) is 33.9 Å². The van der Waals surface area contributed by atoms with Gasteiger partial charge in [-0.1, -0.05) is 6.07 Å². The predicted molar refractivity (Wildman–Crippen MR) is 76.5 cm³/mol. The predicted octanol–water partition coefficient (Wildman–Crippen LogP) is 2.66. The second-order valence-corrected chi connectivity index (χ2v) is 5.53. The van der Waals surface area contributed by atoms with Crippen LogP contribution in [0, 0.1) is 23.0 Å². The Kier molecular flexibility index (Phi) is 4.04. The lowest BCUT2D eigenvalue weighted by Gasteiger charge is -2.24. The highest BCUT2D eigenvalue weighted by molar-refractivity contribution is 5.62. The van der Waals surface area contributed by atoms with Crippen molar-refractivity contribution in [1.82, 2.24) is 4.90 Å². The van der Waals surface area contributed by atoms with E-state index in [9.17, 15) is 10.1 Å². The van der Waals surface area contributed by atoms with Crippen LogP contribution in [0.15, 0.2) is 18.2 Å². The molecule has 1 unspecified atom stereocenters. The minimum atomic E-state index is -0.322. The smallest absolute Gasteiger partial charge is 0.292 e. The first-order valence-corrected chi connectivity index (χ1v) is 6.64. The fourth-order valence-electron chi connectivity index (χ4n) is 2.41. The number of aryl methyl sites for hydroxylation is 1. The van der Waals surface area contributed by atoms with Gasteiger partial charge in [0.2, 0.25) is 0 Å². The Morgan fingerprint density at radius 1 is 1.47 bits per heavy atom. The third kappa shape index (κ3) is 3.44. The summed E-state index contributed by atoms with van der Waals surface area (Å²) in [6, 6.07) is 5.76. The molecule has 0 radical (unpaired) electrons. The van der Waals surface area contributed by atoms with E-state index in [0.29, 0.717) is 11.7 Å². The summed E-state index contributed by atoms with van der Waals surface area (Å²) in [5.74, 6) is 0.729. The molecule has 0 heterocycles. The minimum absolute atomic E-state index is 0.160. The van der Waals surface area contributed by atoms with Gasteiger partial charge < -0.3 is 10.2 Å². The van der Waals surface area contributed by atoms with E-state index in [1.165, 1.54) is 12.8 Å². The van der Waals surface area contributed by atoms with E-state index in [1.54, 1.807) is 12.1 Å². The van der Waals surface area contributed by atoms with Gasteiger partial charge in [-0.3, -0.25) is 10.1 Å². The molecule has 19 heavy (non-hydrogen) atoms. The summed E-state index contributed by atoms with van der Waals surface area (Å²) >= 11 is 0. The Morgan fingerprint density at radius 2 is 2.16 bits per heavy atom. The Labute approximate surface area is 113 Å². The normalized spacial score (nSPS) is 16.4. The van der Waals surface area contributed by atoms with Gasteiger partial charge in [-0.25, -0.2) is 0 Å². The molecule has 0 aliphatic heterocycles. The first-order valence-electron chi connectivity index (χ1n) is 6.64. The van der Waals surface area contributed by atoms with Crippen molar-refractivity contribution >= 4 is 11.4 Å². The van der Waals surface area contributed by atoms with Crippen molar-refractivity contribution in [2.75, 3.05) is 26.0 Å². The molecule has 5 heteroatoms. The van der Waals surface area contributed by atoms with Crippen molar-refractivity contribution in [3.8, 4) is 0 Å². The standard InChI is InChI=1S/C14H21N3O2/c1-10-4-7-12(13(8-10)17(18)19)15-9-14(16(2)3)11-5-6-11/h4,7-8,11,14-15H,5-6,9H2,1-3H3. The molecule has 1 atom stereocenters. The van der Waals surface area contributed by atoms with Crippen LogP contribution in [0.2, 0.25) is 0 Å². The second-order valence-electron chi connectivity index (χ2n) is 5.53. The zero-order valence-electron chi connectivity index (χ0n) is 11.7. The van der Waals surface area contributed by atoms with Gasteiger partial charge in [0.05, 0.1) is 4.92 Å². The molecule has 1 aromatic carbocycles. The lowest BCUT2D eigenvalue weighted by Crippen LogP contribution is -2.36. The summed E-state index contributed by atoms with van der Waals surface area (Å²) in [6.07, 6.45) is 2.53. The molecule has 104 valence electrons. The first-order chi connectivity index (χ1) is 8.99. The summed E-state index contributed by atoms with van der Waals surface area (Å²) in [5, 5.41) is 14.3. The van der Waals surface area contributed by atoms with E-state index >= 15 is 0 Å². The van der Waals surface area contributed by atoms with Crippen molar-refractivity contribution in [2.45, 2.75) is 25.8 Å². The van der Waals surface area contributed by atoms with E-state index < -0.39 is 0 Å². The quantitative estimate of drug-likeness (QED) is 0.633. The Balaban J connectivity index is 2.08. The van der Waals surface area contributed by atoms with Crippen molar-refractivity contribution in [1.29, 1.82) is 0 Å². The summed E-state index contributed by atoms with van der Waals surface area (Å²) in [4.78, 5) is 12.9. The SMILES string of the molecule is Cc1ccc(NCC(C2CC2)N(C)C)c([N+](=O)[O-])c1. The zero-order valence-corrected chi connectivity index (χ0v) is 11.7. The number of nitrogens with one attached hydrogen (secondary N) is 1. The van der Waals surface area contributed by atoms with Gasteiger partial charge >= 0.3 is 0 Å². The lowest BCUT2D eigenvalue weighted by molar-refractivity contribution is -0.384. The molecule has 1 N–H and O–H groups in total. The largest absolute Gasteiger partial charge is 0.378 e. The Hall–Kier alpha value is -1.62. The van der Waals surface area contributed by atoms with Crippen LogP contribution in [0.1, 0.15) is 18.4 Å². The van der Waals surface area contributed by atoms with Gasteiger partial charge in [0.1, 0.15) is 5.69 Å². The molecule has 1 saturated carbocycles. The number of benzene rings is 1. The van der Waals surface area contributed by atoms with Crippen LogP contribution in [0.5, 0.6) is 0 Å². The molecule has 0 spiro atoms. The third-order valence-corrected chi connectivity index (χ3v) is 3.68. The maximum absolute atomic E-state index is 11.1. The molecule has 0 aromatic heterocycles. The van der Waals surface area contributed by atoms with Crippen LogP contribution in [0.4, 0.5) is 11.4 Å². The highest BCUT2D eigenvalue weighted by Gasteiger charge is 2.32. The number of likely N-dealkylation sites (N-methyl/N-ethyl adjacent to an activating group) is 1. The molecule has 1 aliphatic carbocycles. The van der Waals surface area contributed by atoms with Crippen molar-refractivity contribution in [3.63, 3.8) is 0 Å². The minimum Gasteiger partial charge on any atom is -0.378 e. The summed E-state index contributed by atoms with van der Waals surface area (Å²) in [5.41, 5.74) is 1.68. The first kappa shape index (κ1) is 13.8. The van der Waals surface area contributed by atoms with Crippen LogP contribution < -0.4 is 5.32 Å². The van der Waals surface area contributed by atoms with Crippen molar-refractivity contribution < 1.29 is 4.92 Å². The van der Waals surface area contributed by atoms with Crippen molar-refractivity contribution in [2.24, 2.45) is 5.92 Å². The molecular formula is C14H21N3O2. The Morgan fingerprint density at radius 3 is 2.68 bits per heavy atom. The second kappa shape index (κ2) is 5.57. The fraction of sp³-hybridized carbons (Fsp3) is 0.571. The number of hydrogen-bond acceptors (Lipinski definition) is 4. The van der Waals surface area contributed by atoms with Gasteiger partial charge in [0, 0.05) is 18.7 Å². The maximum Gasteiger partial charge on any atom is 0.292 e. The fourth-order valence-corrected chi connectivity index (χ4v) is 2.41. The van der Waals surface area contributed by atoms with Gasteiger partial charge in [-0.15, -0.1) is 0 Å². The van der Waals surface area contributed by atoms with E-state index in [2.05, 4.69) is 24.3 Å². The number of hydrogen-bond donors (Lipinski definition) is 1.